The molecule has 18 heteroatoms. The number of amides is 3. The smallest absolute Gasteiger partial charge is 0.416 e. The summed E-state index contributed by atoms with van der Waals surface area (Å²) in [6.07, 6.45) is -1.25. The number of ether oxygens (including phenoxy) is 1. The summed E-state index contributed by atoms with van der Waals surface area (Å²) in [5.74, 6) is -0.528. The quantitative estimate of drug-likeness (QED) is 0.224. The summed E-state index contributed by atoms with van der Waals surface area (Å²) in [6, 6.07) is 13.0. The molecule has 1 saturated heterocycles. The van der Waals surface area contributed by atoms with Gasteiger partial charge in [0, 0.05) is 49.1 Å². The average Bonchev–Trinajstić information content (AvgIpc) is 3.64. The van der Waals surface area contributed by atoms with Crippen LogP contribution >= 0.6 is 11.6 Å². The average molecular weight is 778 g/mol. The van der Waals surface area contributed by atoms with Crippen LogP contribution in [0.3, 0.4) is 0 Å². The Morgan fingerprint density at radius 2 is 1.78 bits per heavy atom. The molecule has 2 N–H and O–H groups in total. The lowest BCUT2D eigenvalue weighted by atomic mass is 10.1. The number of fused-ring (bicyclic) bond motifs is 2. The molecular weight excluding hydrogens is 743 g/mol. The van der Waals surface area contributed by atoms with E-state index in [1.54, 1.807) is 46.0 Å². The lowest BCUT2D eigenvalue weighted by Crippen LogP contribution is -2.52. The molecule has 0 spiro atoms. The van der Waals surface area contributed by atoms with Crippen LogP contribution in [-0.2, 0) is 35.2 Å². The maximum Gasteiger partial charge on any atom is 0.416 e. The number of piperazine rings is 1. The molecule has 286 valence electrons. The number of aryl methyl sites for hydroxylation is 1. The van der Waals surface area contributed by atoms with Gasteiger partial charge in [-0.15, -0.1) is 5.10 Å². The second-order valence-electron chi connectivity index (χ2n) is 13.0. The first-order valence-corrected chi connectivity index (χ1v) is 18.0. The van der Waals surface area contributed by atoms with E-state index in [-0.39, 0.29) is 79.0 Å². The minimum Gasteiger partial charge on any atom is -0.477 e. The molecule has 14 nitrogen and oxygen atoms in total. The lowest BCUT2D eigenvalue weighted by Gasteiger charge is -2.36. The molecule has 0 aliphatic carbocycles. The number of rotatable bonds is 9. The molecule has 3 aromatic heterocycles. The van der Waals surface area contributed by atoms with Crippen molar-refractivity contribution in [1.82, 2.24) is 34.4 Å². The minimum atomic E-state index is -4.62. The number of benzene rings is 2. The van der Waals surface area contributed by atoms with Gasteiger partial charge in [-0.25, -0.2) is 4.98 Å². The van der Waals surface area contributed by atoms with Gasteiger partial charge in [0.2, 0.25) is 23.5 Å². The SMILES string of the molecule is CCc1c(N2CCN(C(=O)CNC(=O)c3ccccc3)CC2)c(=O)n2nc(-c3cnc4c(c3)CCCO4)nc2n1CC(=O)Nc1ccc(C(F)(F)F)cc1Cl. The van der Waals surface area contributed by atoms with Gasteiger partial charge in [0.05, 0.1) is 35.1 Å². The third-order valence-corrected chi connectivity index (χ3v) is 9.74. The van der Waals surface area contributed by atoms with E-state index in [1.807, 2.05) is 17.9 Å². The van der Waals surface area contributed by atoms with Gasteiger partial charge in [0.1, 0.15) is 12.2 Å². The number of nitrogens with one attached hydrogen (secondary N) is 2. The Kier molecular flexibility index (Phi) is 10.5. The minimum absolute atomic E-state index is 0.0275. The van der Waals surface area contributed by atoms with E-state index in [9.17, 15) is 32.3 Å². The number of aromatic nitrogens is 5. The first-order valence-electron chi connectivity index (χ1n) is 17.6. The summed E-state index contributed by atoms with van der Waals surface area (Å²) in [5, 5.41) is 9.50. The van der Waals surface area contributed by atoms with Crippen molar-refractivity contribution in [3.8, 4) is 17.3 Å². The van der Waals surface area contributed by atoms with E-state index in [1.165, 1.54) is 0 Å². The molecule has 7 rings (SSSR count). The number of alkyl halides is 3. The Bertz CT molecular complexity index is 2340. The van der Waals surface area contributed by atoms with Gasteiger partial charge in [-0.05, 0) is 55.7 Å². The summed E-state index contributed by atoms with van der Waals surface area (Å²) in [5.41, 5.74) is 1.07. The van der Waals surface area contributed by atoms with E-state index >= 15 is 0 Å². The summed E-state index contributed by atoms with van der Waals surface area (Å²) in [4.78, 5) is 66.0. The van der Waals surface area contributed by atoms with Crippen LogP contribution in [0.1, 0.15) is 40.5 Å². The van der Waals surface area contributed by atoms with Crippen LogP contribution in [0.15, 0.2) is 65.6 Å². The number of carbonyl (C=O) groups excluding carboxylic acids is 3. The summed E-state index contributed by atoms with van der Waals surface area (Å²) in [6.45, 7) is 2.79. The van der Waals surface area contributed by atoms with Crippen molar-refractivity contribution in [1.29, 1.82) is 0 Å². The van der Waals surface area contributed by atoms with E-state index in [4.69, 9.17) is 21.3 Å². The summed E-state index contributed by atoms with van der Waals surface area (Å²) in [7, 11) is 0. The molecule has 1 fully saturated rings. The Labute approximate surface area is 316 Å². The Morgan fingerprint density at radius 3 is 2.49 bits per heavy atom. The normalized spacial score (nSPS) is 14.3. The number of carbonyl (C=O) groups is 3. The number of halogens is 4. The highest BCUT2D eigenvalue weighted by atomic mass is 35.5. The maximum absolute atomic E-state index is 14.3. The third kappa shape index (κ3) is 7.83. The molecule has 0 unspecified atom stereocenters. The van der Waals surface area contributed by atoms with Crippen LogP contribution < -0.4 is 25.8 Å². The van der Waals surface area contributed by atoms with Crippen LogP contribution in [0.4, 0.5) is 24.5 Å². The zero-order valence-electron chi connectivity index (χ0n) is 29.5. The standard InChI is InChI=1S/C37H35ClF3N9O5/c1-2-28-31(48-14-12-47(13-15-48)30(52)20-42-33(53)22-7-4-3-5-8-22)35(54)50-36(45-32(46-50)24-17-23-9-6-16-55-34(23)43-19-24)49(28)21-29(51)44-27-11-10-25(18-26(27)38)37(39,40)41/h3-5,7-8,10-11,17-19H,2,6,9,12-16,20-21H2,1H3,(H,42,53)(H,44,51). The van der Waals surface area contributed by atoms with Crippen LogP contribution in [0.5, 0.6) is 5.88 Å². The molecule has 2 aliphatic heterocycles. The topological polar surface area (TPSA) is 156 Å². The second-order valence-corrected chi connectivity index (χ2v) is 13.4. The highest BCUT2D eigenvalue weighted by Crippen LogP contribution is 2.34. The third-order valence-electron chi connectivity index (χ3n) is 9.43. The highest BCUT2D eigenvalue weighted by Gasteiger charge is 2.32. The Morgan fingerprint density at radius 1 is 1.02 bits per heavy atom. The lowest BCUT2D eigenvalue weighted by molar-refractivity contribution is -0.137. The second kappa shape index (κ2) is 15.4. The van der Waals surface area contributed by atoms with Gasteiger partial charge in [-0.3, -0.25) is 19.2 Å². The van der Waals surface area contributed by atoms with Crippen molar-refractivity contribution in [2.24, 2.45) is 0 Å². The van der Waals surface area contributed by atoms with Crippen molar-refractivity contribution < 1.29 is 32.3 Å². The van der Waals surface area contributed by atoms with Gasteiger partial charge in [0.25, 0.3) is 11.5 Å². The van der Waals surface area contributed by atoms with Gasteiger partial charge in [-0.1, -0.05) is 36.7 Å². The van der Waals surface area contributed by atoms with Gasteiger partial charge < -0.3 is 29.7 Å². The van der Waals surface area contributed by atoms with Crippen LogP contribution in [0, 0.1) is 0 Å². The molecule has 0 saturated carbocycles. The fourth-order valence-corrected chi connectivity index (χ4v) is 6.90. The molecular formula is C37H35ClF3N9O5. The van der Waals surface area contributed by atoms with E-state index in [2.05, 4.69) is 20.7 Å². The van der Waals surface area contributed by atoms with E-state index < -0.39 is 29.8 Å². The van der Waals surface area contributed by atoms with Gasteiger partial charge in [-0.2, -0.15) is 22.7 Å². The van der Waals surface area contributed by atoms with E-state index in [0.717, 1.165) is 41.1 Å². The number of nitrogens with zero attached hydrogens (tertiary/aromatic N) is 7. The monoisotopic (exact) mass is 777 g/mol. The predicted octanol–water partition coefficient (Wildman–Crippen LogP) is 4.23. The molecule has 5 aromatic rings. The maximum atomic E-state index is 14.3. The molecule has 3 amide bonds. The van der Waals surface area contributed by atoms with E-state index in [0.29, 0.717) is 29.3 Å². The zero-order chi connectivity index (χ0) is 38.9. The van der Waals surface area contributed by atoms with Gasteiger partial charge in [0.15, 0.2) is 5.82 Å². The molecule has 0 atom stereocenters. The molecule has 55 heavy (non-hydrogen) atoms. The Balaban J connectivity index is 1.19. The largest absolute Gasteiger partial charge is 0.477 e. The molecule has 2 aliphatic rings. The first-order chi connectivity index (χ1) is 26.4. The molecule has 0 radical (unpaired) electrons. The molecule has 2 aromatic carbocycles. The fourth-order valence-electron chi connectivity index (χ4n) is 6.68. The van der Waals surface area contributed by atoms with Crippen molar-refractivity contribution in [2.75, 3.05) is 49.5 Å². The zero-order valence-corrected chi connectivity index (χ0v) is 30.3. The number of pyridine rings is 1. The molecule has 0 bridgehead atoms. The fraction of sp³-hybridized carbons (Fsp3) is 0.324. The van der Waals surface area contributed by atoms with Crippen molar-refractivity contribution in [2.45, 2.75) is 38.9 Å². The van der Waals surface area contributed by atoms with Crippen molar-refractivity contribution >= 4 is 46.5 Å². The van der Waals surface area contributed by atoms with Crippen LogP contribution in [0.25, 0.3) is 17.2 Å². The number of hydrogen-bond acceptors (Lipinski definition) is 9. The summed E-state index contributed by atoms with van der Waals surface area (Å²) < 4.78 is 48.1. The highest BCUT2D eigenvalue weighted by molar-refractivity contribution is 6.33. The number of hydrogen-bond donors (Lipinski definition) is 2. The van der Waals surface area contributed by atoms with Gasteiger partial charge >= 0.3 is 6.18 Å². The molecule has 5 heterocycles. The number of anilines is 2. The van der Waals surface area contributed by atoms with Crippen LogP contribution in [0.2, 0.25) is 5.02 Å². The summed E-state index contributed by atoms with van der Waals surface area (Å²) >= 11 is 6.14. The van der Waals surface area contributed by atoms with Crippen molar-refractivity contribution in [3.63, 3.8) is 0 Å². The Hall–Kier alpha value is -5.97. The van der Waals surface area contributed by atoms with Crippen LogP contribution in [-0.4, -0.2) is 86.1 Å². The predicted molar refractivity (Wildman–Crippen MR) is 196 cm³/mol. The first kappa shape index (κ1) is 37.3. The van der Waals surface area contributed by atoms with Crippen molar-refractivity contribution in [3.05, 3.63) is 98.6 Å².